The number of hydrogen-bond acceptors (Lipinski definition) is 6. The highest BCUT2D eigenvalue weighted by atomic mass is 32.2. The summed E-state index contributed by atoms with van der Waals surface area (Å²) in [5.74, 6) is 1.25. The number of amides is 1. The number of amidine groups is 1. The second-order valence-electron chi connectivity index (χ2n) is 8.53. The van der Waals surface area contributed by atoms with E-state index in [1.807, 2.05) is 51.6 Å². The Morgan fingerprint density at radius 2 is 1.84 bits per heavy atom. The quantitative estimate of drug-likeness (QED) is 0.334. The van der Waals surface area contributed by atoms with Crippen LogP contribution in [0.5, 0.6) is 17.2 Å². The molecule has 0 aromatic heterocycles. The molecule has 7 nitrogen and oxygen atoms in total. The SMILES string of the molecule is CN/N=C\C(N)=NC(=O)c1cc(Oc2ccc(SC3CC3)cc2)c(C)c(OC(C)(C)C)c1. The van der Waals surface area contributed by atoms with Crippen LogP contribution >= 0.6 is 11.8 Å². The smallest absolute Gasteiger partial charge is 0.279 e. The number of hydrazone groups is 1. The van der Waals surface area contributed by atoms with Crippen molar-refractivity contribution in [1.82, 2.24) is 5.43 Å². The Kier molecular flexibility index (Phi) is 7.45. The minimum absolute atomic E-state index is 0.00515. The molecule has 0 bridgehead atoms. The summed E-state index contributed by atoms with van der Waals surface area (Å²) in [4.78, 5) is 17.9. The van der Waals surface area contributed by atoms with Gasteiger partial charge in [-0.15, -0.1) is 11.8 Å². The first-order chi connectivity index (χ1) is 15.1. The summed E-state index contributed by atoms with van der Waals surface area (Å²) in [5, 5.41) is 4.51. The zero-order chi connectivity index (χ0) is 23.3. The van der Waals surface area contributed by atoms with Crippen molar-refractivity contribution in [1.29, 1.82) is 0 Å². The minimum atomic E-state index is -0.509. The normalized spacial score (nSPS) is 14.5. The highest BCUT2D eigenvalue weighted by molar-refractivity contribution is 8.00. The number of ether oxygens (including phenoxy) is 2. The standard InChI is InChI=1S/C24H30N4O3S/c1-15-20(30-17-6-8-18(9-7-17)32-19-10-11-19)12-16(13-21(15)31-24(2,3)4)23(29)28-22(25)14-27-26-5/h6-9,12-14,19,26H,10-11H2,1-5H3,(H2,25,28,29)/b27-14-. The first-order valence-corrected chi connectivity index (χ1v) is 11.4. The van der Waals surface area contributed by atoms with E-state index < -0.39 is 11.5 Å². The van der Waals surface area contributed by atoms with Crippen molar-refractivity contribution >= 4 is 29.7 Å². The summed E-state index contributed by atoms with van der Waals surface area (Å²) < 4.78 is 12.2. The second-order valence-corrected chi connectivity index (χ2v) is 9.90. The topological polar surface area (TPSA) is 98.3 Å². The molecule has 0 spiro atoms. The van der Waals surface area contributed by atoms with Crippen LogP contribution in [0.2, 0.25) is 0 Å². The predicted molar refractivity (Wildman–Crippen MR) is 130 cm³/mol. The van der Waals surface area contributed by atoms with Crippen molar-refractivity contribution in [2.75, 3.05) is 7.05 Å². The Morgan fingerprint density at radius 3 is 2.44 bits per heavy atom. The van der Waals surface area contributed by atoms with Crippen LogP contribution in [0.4, 0.5) is 0 Å². The molecule has 0 aliphatic heterocycles. The molecule has 2 aromatic rings. The largest absolute Gasteiger partial charge is 0.488 e. The molecule has 0 unspecified atom stereocenters. The van der Waals surface area contributed by atoms with E-state index in [-0.39, 0.29) is 5.84 Å². The van der Waals surface area contributed by atoms with Gasteiger partial charge in [-0.25, -0.2) is 0 Å². The van der Waals surface area contributed by atoms with Crippen LogP contribution in [0.3, 0.4) is 0 Å². The van der Waals surface area contributed by atoms with Gasteiger partial charge in [-0.2, -0.15) is 10.1 Å². The van der Waals surface area contributed by atoms with Gasteiger partial charge in [-0.05, 0) is 76.9 Å². The molecule has 3 rings (SSSR count). The van der Waals surface area contributed by atoms with Crippen LogP contribution in [-0.2, 0) is 0 Å². The van der Waals surface area contributed by atoms with Crippen LogP contribution in [0.25, 0.3) is 0 Å². The third-order valence-electron chi connectivity index (χ3n) is 4.41. The van der Waals surface area contributed by atoms with Gasteiger partial charge in [0.25, 0.3) is 5.91 Å². The third-order valence-corrected chi connectivity index (χ3v) is 5.76. The number of carbonyl (C=O) groups is 1. The number of nitrogens with two attached hydrogens (primary N) is 1. The molecular weight excluding hydrogens is 424 g/mol. The second kappa shape index (κ2) is 10.1. The Bertz CT molecular complexity index is 1020. The lowest BCUT2D eigenvalue weighted by molar-refractivity contribution is 0.0998. The zero-order valence-corrected chi connectivity index (χ0v) is 20.0. The lowest BCUT2D eigenvalue weighted by Gasteiger charge is -2.24. The minimum Gasteiger partial charge on any atom is -0.488 e. The Morgan fingerprint density at radius 1 is 1.19 bits per heavy atom. The molecule has 0 radical (unpaired) electrons. The molecule has 0 heterocycles. The number of hydrogen-bond donors (Lipinski definition) is 2. The summed E-state index contributed by atoms with van der Waals surface area (Å²) in [6.07, 6.45) is 3.85. The van der Waals surface area contributed by atoms with E-state index in [4.69, 9.17) is 15.2 Å². The number of nitrogens with zero attached hydrogens (tertiary/aromatic N) is 2. The highest BCUT2D eigenvalue weighted by Gasteiger charge is 2.22. The molecule has 8 heteroatoms. The number of aliphatic imine (C=N–C) groups is 1. The third kappa shape index (κ3) is 7.02. The monoisotopic (exact) mass is 454 g/mol. The maximum atomic E-state index is 12.7. The molecule has 0 atom stereocenters. The summed E-state index contributed by atoms with van der Waals surface area (Å²) in [6, 6.07) is 11.3. The molecule has 0 saturated heterocycles. The first-order valence-electron chi connectivity index (χ1n) is 10.5. The number of thioether (sulfide) groups is 1. The highest BCUT2D eigenvalue weighted by Crippen LogP contribution is 2.40. The fourth-order valence-electron chi connectivity index (χ4n) is 2.76. The van der Waals surface area contributed by atoms with Crippen LogP contribution in [0.1, 0.15) is 49.5 Å². The van der Waals surface area contributed by atoms with E-state index in [2.05, 4.69) is 27.7 Å². The number of carbonyl (C=O) groups excluding carboxylic acids is 1. The number of benzene rings is 2. The summed E-state index contributed by atoms with van der Waals surface area (Å²) >= 11 is 1.89. The van der Waals surface area contributed by atoms with Crippen molar-refractivity contribution in [2.24, 2.45) is 15.8 Å². The van der Waals surface area contributed by atoms with E-state index in [0.717, 1.165) is 10.8 Å². The number of rotatable bonds is 8. The molecule has 1 fully saturated rings. The van der Waals surface area contributed by atoms with E-state index >= 15 is 0 Å². The van der Waals surface area contributed by atoms with E-state index in [1.165, 1.54) is 24.0 Å². The number of nitrogens with one attached hydrogen (secondary N) is 1. The lowest BCUT2D eigenvalue weighted by Crippen LogP contribution is -2.23. The van der Waals surface area contributed by atoms with Crippen LogP contribution in [0.15, 0.2) is 51.4 Å². The Hall–Kier alpha value is -3.00. The average Bonchev–Trinajstić information content (AvgIpc) is 3.53. The van der Waals surface area contributed by atoms with Gasteiger partial charge in [0.15, 0.2) is 0 Å². The summed E-state index contributed by atoms with van der Waals surface area (Å²) in [7, 11) is 1.63. The van der Waals surface area contributed by atoms with Crippen molar-refractivity contribution in [3.8, 4) is 17.2 Å². The van der Waals surface area contributed by atoms with Crippen LogP contribution < -0.4 is 20.6 Å². The van der Waals surface area contributed by atoms with Gasteiger partial charge >= 0.3 is 0 Å². The first kappa shape index (κ1) is 23.7. The van der Waals surface area contributed by atoms with E-state index in [0.29, 0.717) is 22.8 Å². The predicted octanol–water partition coefficient (Wildman–Crippen LogP) is 4.92. The molecule has 170 valence electrons. The zero-order valence-electron chi connectivity index (χ0n) is 19.1. The van der Waals surface area contributed by atoms with Gasteiger partial charge < -0.3 is 20.6 Å². The van der Waals surface area contributed by atoms with Crippen molar-refractivity contribution in [3.63, 3.8) is 0 Å². The fraction of sp³-hybridized carbons (Fsp3) is 0.375. The maximum Gasteiger partial charge on any atom is 0.279 e. The molecule has 1 aliphatic rings. The molecule has 32 heavy (non-hydrogen) atoms. The van der Waals surface area contributed by atoms with Crippen LogP contribution in [0, 0.1) is 6.92 Å². The van der Waals surface area contributed by atoms with Gasteiger partial charge in [0, 0.05) is 28.3 Å². The van der Waals surface area contributed by atoms with Crippen molar-refractivity contribution in [2.45, 2.75) is 56.3 Å². The molecule has 3 N–H and O–H groups in total. The fourth-order valence-corrected chi connectivity index (χ4v) is 3.81. The Balaban J connectivity index is 1.90. The lowest BCUT2D eigenvalue weighted by atomic mass is 10.1. The van der Waals surface area contributed by atoms with Crippen molar-refractivity contribution < 1.29 is 14.3 Å². The summed E-state index contributed by atoms with van der Waals surface area (Å²) in [6.45, 7) is 7.74. The molecule has 1 amide bonds. The van der Waals surface area contributed by atoms with Gasteiger partial charge in [0.05, 0.1) is 6.21 Å². The molecular formula is C24H30N4O3S. The molecule has 1 aliphatic carbocycles. The van der Waals surface area contributed by atoms with Crippen molar-refractivity contribution in [3.05, 3.63) is 47.5 Å². The van der Waals surface area contributed by atoms with Crippen LogP contribution in [-0.4, -0.2) is 35.9 Å². The molecule has 1 saturated carbocycles. The maximum absolute atomic E-state index is 12.7. The van der Waals surface area contributed by atoms with Gasteiger partial charge in [-0.1, -0.05) is 0 Å². The van der Waals surface area contributed by atoms with E-state index in [1.54, 1.807) is 19.2 Å². The van der Waals surface area contributed by atoms with Gasteiger partial charge in [0.1, 0.15) is 28.7 Å². The van der Waals surface area contributed by atoms with Gasteiger partial charge in [-0.3, -0.25) is 4.79 Å². The molecule has 2 aromatic carbocycles. The summed E-state index contributed by atoms with van der Waals surface area (Å²) in [5.41, 5.74) is 8.98. The Labute approximate surface area is 193 Å². The van der Waals surface area contributed by atoms with Gasteiger partial charge in [0.2, 0.25) is 0 Å². The van der Waals surface area contributed by atoms with E-state index in [9.17, 15) is 4.79 Å². The average molecular weight is 455 g/mol.